The molecular formula is C20H21F5N3O4+. The van der Waals surface area contributed by atoms with Gasteiger partial charge in [-0.1, -0.05) is 0 Å². The number of nitrogens with zero attached hydrogens (tertiary/aromatic N) is 2. The predicted molar refractivity (Wildman–Crippen MR) is 102 cm³/mol. The van der Waals surface area contributed by atoms with E-state index in [1.54, 1.807) is 12.3 Å². The quantitative estimate of drug-likeness (QED) is 0.528. The van der Waals surface area contributed by atoms with Crippen molar-refractivity contribution in [3.05, 3.63) is 48.3 Å². The first-order valence-corrected chi connectivity index (χ1v) is 9.34. The van der Waals surface area contributed by atoms with Crippen LogP contribution < -0.4 is 24.5 Å². The van der Waals surface area contributed by atoms with Crippen LogP contribution in [0.15, 0.2) is 36.7 Å². The molecule has 1 aromatic heterocycles. The van der Waals surface area contributed by atoms with Crippen LogP contribution in [0.4, 0.5) is 33.3 Å². The van der Waals surface area contributed by atoms with Crippen LogP contribution in [-0.2, 0) is 9.53 Å². The van der Waals surface area contributed by atoms with Gasteiger partial charge in [0.25, 0.3) is 0 Å². The first-order chi connectivity index (χ1) is 15.1. The summed E-state index contributed by atoms with van der Waals surface area (Å²) in [6.07, 6.45) is -2.67. The number of hydrogen-bond acceptors (Lipinski definition) is 5. The molecule has 7 nitrogen and oxygen atoms in total. The second kappa shape index (κ2) is 8.77. The molecule has 0 radical (unpaired) electrons. The summed E-state index contributed by atoms with van der Waals surface area (Å²) in [6.45, 7) is -0.834. The van der Waals surface area contributed by atoms with Crippen molar-refractivity contribution in [3.63, 3.8) is 0 Å². The van der Waals surface area contributed by atoms with Crippen molar-refractivity contribution >= 4 is 17.3 Å². The van der Waals surface area contributed by atoms with Crippen LogP contribution in [-0.4, -0.2) is 51.6 Å². The molecule has 1 fully saturated rings. The van der Waals surface area contributed by atoms with Crippen molar-refractivity contribution in [1.29, 1.82) is 0 Å². The Morgan fingerprint density at radius 1 is 1.22 bits per heavy atom. The van der Waals surface area contributed by atoms with Gasteiger partial charge in [-0.05, 0) is 18.2 Å². The zero-order valence-electron chi connectivity index (χ0n) is 17.4. The van der Waals surface area contributed by atoms with E-state index < -0.39 is 54.1 Å². The number of anilines is 2. The molecule has 2 atom stereocenters. The van der Waals surface area contributed by atoms with Crippen molar-refractivity contribution in [3.8, 4) is 5.75 Å². The lowest BCUT2D eigenvalue weighted by Crippen LogP contribution is -2.49. The number of aromatic nitrogens is 1. The summed E-state index contributed by atoms with van der Waals surface area (Å²) >= 11 is 0. The Morgan fingerprint density at radius 2 is 1.94 bits per heavy atom. The van der Waals surface area contributed by atoms with Gasteiger partial charge < -0.3 is 19.7 Å². The largest absolute Gasteiger partial charge is 0.491 e. The van der Waals surface area contributed by atoms with Crippen molar-refractivity contribution < 1.29 is 45.8 Å². The molecule has 1 saturated heterocycles. The number of carbonyl (C=O) groups is 1. The molecule has 1 N–H and O–H groups in total. The predicted octanol–water partition coefficient (Wildman–Crippen LogP) is 2.48. The molecule has 0 spiro atoms. The number of hydrogen-bond donors (Lipinski definition) is 1. The highest BCUT2D eigenvalue weighted by molar-refractivity contribution is 5.97. The second-order valence-electron chi connectivity index (χ2n) is 7.08. The second-order valence-corrected chi connectivity index (χ2v) is 7.08. The number of ether oxygens (including phenoxy) is 2. The molecule has 1 aliphatic rings. The fraction of sp³-hybridized carbons (Fsp3) is 0.400. The summed E-state index contributed by atoms with van der Waals surface area (Å²) in [6, 6.07) is 3.44. The van der Waals surface area contributed by atoms with Crippen molar-refractivity contribution in [2.24, 2.45) is 0 Å². The van der Waals surface area contributed by atoms with Crippen LogP contribution in [0.3, 0.4) is 0 Å². The molecule has 2 aromatic rings. The molecule has 0 aliphatic carbocycles. The van der Waals surface area contributed by atoms with Crippen LogP contribution >= 0.6 is 0 Å². The fourth-order valence-corrected chi connectivity index (χ4v) is 3.64. The van der Waals surface area contributed by atoms with E-state index in [0.717, 1.165) is 31.3 Å². The highest BCUT2D eigenvalue weighted by Crippen LogP contribution is 2.47. The van der Waals surface area contributed by atoms with E-state index in [2.05, 4.69) is 5.32 Å². The van der Waals surface area contributed by atoms with Gasteiger partial charge in [0.1, 0.15) is 18.8 Å². The van der Waals surface area contributed by atoms with Crippen molar-refractivity contribution in [2.75, 3.05) is 38.1 Å². The maximum absolute atomic E-state index is 14.3. The number of benzene rings is 1. The van der Waals surface area contributed by atoms with Gasteiger partial charge in [-0.25, -0.2) is 4.39 Å². The van der Waals surface area contributed by atoms with Gasteiger partial charge in [0.15, 0.2) is 17.2 Å². The molecule has 1 amide bonds. The number of rotatable bonds is 6. The third kappa shape index (κ3) is 4.14. The van der Waals surface area contributed by atoms with Crippen LogP contribution in [0.2, 0.25) is 0 Å². The van der Waals surface area contributed by atoms with Gasteiger partial charge in [-0.3, -0.25) is 9.63 Å². The molecule has 2 unspecified atom stereocenters. The molecule has 1 aromatic carbocycles. The summed E-state index contributed by atoms with van der Waals surface area (Å²) in [5.41, 5.74) is -2.68. The zero-order chi connectivity index (χ0) is 23.7. The van der Waals surface area contributed by atoms with Gasteiger partial charge >= 0.3 is 6.18 Å². The number of carbonyl (C=O) groups excluding carboxylic acids is 1. The minimum absolute atomic E-state index is 0.213. The van der Waals surface area contributed by atoms with Crippen LogP contribution in [0, 0.1) is 11.6 Å². The summed E-state index contributed by atoms with van der Waals surface area (Å²) < 4.78 is 80.8. The van der Waals surface area contributed by atoms with Gasteiger partial charge in [-0.2, -0.15) is 17.6 Å². The average molecular weight is 462 g/mol. The Morgan fingerprint density at radius 3 is 2.53 bits per heavy atom. The molecule has 12 heteroatoms. The highest BCUT2D eigenvalue weighted by atomic mass is 19.4. The van der Waals surface area contributed by atoms with E-state index in [-0.39, 0.29) is 11.4 Å². The average Bonchev–Trinajstić information content (AvgIpc) is 3.17. The number of alkyl halides is 3. The number of amides is 1. The Hall–Kier alpha value is -3.15. The maximum Gasteiger partial charge on any atom is 0.419 e. The third-order valence-corrected chi connectivity index (χ3v) is 5.33. The molecular weight excluding hydrogens is 441 g/mol. The van der Waals surface area contributed by atoms with Gasteiger partial charge in [0, 0.05) is 24.3 Å². The van der Waals surface area contributed by atoms with Gasteiger partial charge in [-0.15, -0.1) is 0 Å². The standard InChI is InChI=1S/C20H20F5N3O4/c1-30-17-14(7-6-13(21)16(17)22)28-11-19(31-2,20(23,24)25)9-15(28)18(29)26-12-5-4-8-27(10-12)32-3/h4-8,10,15H,9,11H2,1-3H3/p+1. The monoisotopic (exact) mass is 462 g/mol. The van der Waals surface area contributed by atoms with Gasteiger partial charge in [0.05, 0.1) is 19.3 Å². The number of methoxy groups -OCH3 is 2. The first-order valence-electron chi connectivity index (χ1n) is 9.34. The van der Waals surface area contributed by atoms with Gasteiger partial charge in [0.2, 0.25) is 24.1 Å². The minimum Gasteiger partial charge on any atom is -0.491 e. The number of nitrogens with one attached hydrogen (secondary N) is 1. The molecule has 174 valence electrons. The number of pyridine rings is 1. The topological polar surface area (TPSA) is 63.9 Å². The first kappa shape index (κ1) is 23.5. The molecule has 0 saturated carbocycles. The Labute approximate surface area is 180 Å². The summed E-state index contributed by atoms with van der Waals surface area (Å²) in [5, 5.41) is 2.52. The highest BCUT2D eigenvalue weighted by Gasteiger charge is 2.63. The van der Waals surface area contributed by atoms with E-state index in [9.17, 15) is 26.7 Å². The van der Waals surface area contributed by atoms with E-state index >= 15 is 0 Å². The summed E-state index contributed by atoms with van der Waals surface area (Å²) in [4.78, 5) is 19.0. The lowest BCUT2D eigenvalue weighted by atomic mass is 9.99. The SMILES string of the molecule is COc1c(N2CC(OC)(C(F)(F)F)CC2C(=O)Nc2ccc[n+](OC)c2)ccc(F)c1F. The fourth-order valence-electron chi connectivity index (χ4n) is 3.64. The minimum atomic E-state index is -4.84. The normalized spacial score (nSPS) is 20.9. The molecule has 1 aliphatic heterocycles. The third-order valence-electron chi connectivity index (χ3n) is 5.33. The van der Waals surface area contributed by atoms with Crippen molar-refractivity contribution in [1.82, 2.24) is 0 Å². The molecule has 0 bridgehead atoms. The molecule has 2 heterocycles. The Bertz CT molecular complexity index is 1000. The van der Waals surface area contributed by atoms with Crippen molar-refractivity contribution in [2.45, 2.75) is 24.2 Å². The van der Waals surface area contributed by atoms with E-state index in [1.807, 2.05) is 0 Å². The van der Waals surface area contributed by atoms with Crippen LogP contribution in [0.25, 0.3) is 0 Å². The zero-order valence-corrected chi connectivity index (χ0v) is 17.4. The maximum atomic E-state index is 14.3. The van der Waals surface area contributed by atoms with Crippen LogP contribution in [0.1, 0.15) is 6.42 Å². The molecule has 32 heavy (non-hydrogen) atoms. The van der Waals surface area contributed by atoms with E-state index in [4.69, 9.17) is 14.3 Å². The number of halogens is 5. The smallest absolute Gasteiger partial charge is 0.419 e. The Balaban J connectivity index is 2.04. The van der Waals surface area contributed by atoms with Crippen LogP contribution in [0.5, 0.6) is 5.75 Å². The summed E-state index contributed by atoms with van der Waals surface area (Å²) in [5.74, 6) is -4.05. The lowest BCUT2D eigenvalue weighted by Gasteiger charge is -2.31. The summed E-state index contributed by atoms with van der Waals surface area (Å²) in [7, 11) is 3.32. The Kier molecular flexibility index (Phi) is 6.44. The van der Waals surface area contributed by atoms with E-state index in [1.165, 1.54) is 24.1 Å². The van der Waals surface area contributed by atoms with E-state index in [0.29, 0.717) is 0 Å². The molecule has 3 rings (SSSR count). The lowest BCUT2D eigenvalue weighted by molar-refractivity contribution is -0.885.